The first-order valence-corrected chi connectivity index (χ1v) is 5.45. The molecule has 0 aliphatic heterocycles. The molecule has 0 aliphatic rings. The summed E-state index contributed by atoms with van der Waals surface area (Å²) < 4.78 is 5.28. The van der Waals surface area contributed by atoms with E-state index >= 15 is 0 Å². The van der Waals surface area contributed by atoms with Crippen molar-refractivity contribution < 1.29 is 14.6 Å². The Hall–Kier alpha value is -2.29. The quantitative estimate of drug-likeness (QED) is 0.748. The predicted molar refractivity (Wildman–Crippen MR) is 66.6 cm³/mol. The number of terminal acetylenes is 1. The fourth-order valence-electron chi connectivity index (χ4n) is 1.40. The largest absolute Gasteiger partial charge is 0.480 e. The minimum Gasteiger partial charge on any atom is -0.480 e. The minimum absolute atomic E-state index is 0.161. The van der Waals surface area contributed by atoms with Gasteiger partial charge in [0.2, 0.25) is 5.88 Å². The van der Waals surface area contributed by atoms with E-state index in [4.69, 9.17) is 16.3 Å². The molecule has 0 amide bonds. The fourth-order valence-corrected chi connectivity index (χ4v) is 1.40. The monoisotopic (exact) mass is 249 g/mol. The van der Waals surface area contributed by atoms with Gasteiger partial charge in [-0.1, -0.05) is 5.92 Å². The van der Waals surface area contributed by atoms with Crippen molar-refractivity contribution in [1.29, 1.82) is 0 Å². The Bertz CT molecular complexity index is 468. The molecular weight excluding hydrogens is 234 g/mol. The zero-order valence-electron chi connectivity index (χ0n) is 10.4. The molecule has 0 saturated heterocycles. The van der Waals surface area contributed by atoms with Crippen molar-refractivity contribution in [3.8, 4) is 18.2 Å². The summed E-state index contributed by atoms with van der Waals surface area (Å²) in [5.41, 5.74) is 0. The van der Waals surface area contributed by atoms with E-state index in [1.165, 1.54) is 4.90 Å². The highest BCUT2D eigenvalue weighted by molar-refractivity contribution is 5.73. The molecule has 6 nitrogen and oxygen atoms in total. The van der Waals surface area contributed by atoms with Gasteiger partial charge in [-0.2, -0.15) is 4.98 Å². The zero-order chi connectivity index (χ0) is 13.5. The Labute approximate surface area is 106 Å². The average Bonchev–Trinajstić information content (AvgIpc) is 2.27. The number of carboxylic acids is 1. The molecule has 0 aromatic carbocycles. The van der Waals surface area contributed by atoms with Crippen LogP contribution in [-0.2, 0) is 4.79 Å². The molecule has 6 heteroatoms. The first-order valence-electron chi connectivity index (χ1n) is 5.45. The third-order valence-electron chi connectivity index (χ3n) is 2.03. The number of aliphatic carboxylic acids is 1. The Morgan fingerprint density at radius 1 is 1.61 bits per heavy atom. The van der Waals surface area contributed by atoms with Crippen LogP contribution in [0.2, 0.25) is 0 Å². The van der Waals surface area contributed by atoms with Gasteiger partial charge in [-0.3, -0.25) is 4.79 Å². The lowest BCUT2D eigenvalue weighted by Crippen LogP contribution is -2.31. The van der Waals surface area contributed by atoms with Gasteiger partial charge in [0.1, 0.15) is 18.2 Å². The van der Waals surface area contributed by atoms with Gasteiger partial charge in [0.25, 0.3) is 0 Å². The SMILES string of the molecule is C#CCN(CC(=O)O)c1cc(OCC)nc(C)n1. The molecule has 0 bridgehead atoms. The van der Waals surface area contributed by atoms with Crippen molar-refractivity contribution >= 4 is 11.8 Å². The lowest BCUT2D eigenvalue weighted by Gasteiger charge is -2.19. The smallest absolute Gasteiger partial charge is 0.323 e. The van der Waals surface area contributed by atoms with Gasteiger partial charge in [-0.25, -0.2) is 4.98 Å². The molecule has 1 N–H and O–H groups in total. The molecule has 0 fully saturated rings. The summed E-state index contributed by atoms with van der Waals surface area (Å²) in [7, 11) is 0. The number of carboxylic acid groups (broad SMARTS) is 1. The molecule has 0 atom stereocenters. The Balaban J connectivity index is 3.03. The van der Waals surface area contributed by atoms with Gasteiger partial charge in [0.05, 0.1) is 13.2 Å². The summed E-state index contributed by atoms with van der Waals surface area (Å²) in [6, 6.07) is 1.58. The van der Waals surface area contributed by atoms with Crippen LogP contribution in [0.5, 0.6) is 5.88 Å². The number of aromatic nitrogens is 2. The van der Waals surface area contributed by atoms with Crippen LogP contribution in [0.1, 0.15) is 12.7 Å². The van der Waals surface area contributed by atoms with Gasteiger partial charge in [-0.05, 0) is 13.8 Å². The molecular formula is C12H15N3O3. The third-order valence-corrected chi connectivity index (χ3v) is 2.03. The van der Waals surface area contributed by atoms with Crippen LogP contribution >= 0.6 is 0 Å². The highest BCUT2D eigenvalue weighted by atomic mass is 16.5. The molecule has 96 valence electrons. The summed E-state index contributed by atoms with van der Waals surface area (Å²) in [5, 5.41) is 8.83. The highest BCUT2D eigenvalue weighted by Gasteiger charge is 2.13. The third kappa shape index (κ3) is 3.94. The predicted octanol–water partition coefficient (Wildman–Crippen LogP) is 0.708. The topological polar surface area (TPSA) is 75.6 Å². The van der Waals surface area contributed by atoms with E-state index < -0.39 is 5.97 Å². The highest BCUT2D eigenvalue weighted by Crippen LogP contribution is 2.17. The van der Waals surface area contributed by atoms with Gasteiger partial charge in [0.15, 0.2) is 0 Å². The Morgan fingerprint density at radius 2 is 2.33 bits per heavy atom. The van der Waals surface area contributed by atoms with E-state index in [2.05, 4.69) is 15.9 Å². The number of rotatable bonds is 6. The minimum atomic E-state index is -0.973. The second kappa shape index (κ2) is 6.45. The number of ether oxygens (including phenoxy) is 1. The number of aryl methyl sites for hydroxylation is 1. The summed E-state index contributed by atoms with van der Waals surface area (Å²) in [6.45, 7) is 3.97. The van der Waals surface area contributed by atoms with Gasteiger partial charge in [0, 0.05) is 6.07 Å². The van der Waals surface area contributed by atoms with E-state index in [9.17, 15) is 4.79 Å². The first-order chi connectivity index (χ1) is 8.56. The van der Waals surface area contributed by atoms with Gasteiger partial charge >= 0.3 is 5.97 Å². The van der Waals surface area contributed by atoms with E-state index in [-0.39, 0.29) is 13.1 Å². The van der Waals surface area contributed by atoms with Crippen molar-refractivity contribution in [3.05, 3.63) is 11.9 Å². The van der Waals surface area contributed by atoms with E-state index in [0.717, 1.165) is 0 Å². The molecule has 1 rings (SSSR count). The normalized spacial score (nSPS) is 9.61. The summed E-state index contributed by atoms with van der Waals surface area (Å²) in [6.07, 6.45) is 5.22. The standard InChI is InChI=1S/C12H15N3O3/c1-4-6-15(8-12(16)17)10-7-11(18-5-2)14-9(3)13-10/h1,7H,5-6,8H2,2-3H3,(H,16,17). The van der Waals surface area contributed by atoms with E-state index in [0.29, 0.717) is 24.1 Å². The molecule has 1 aromatic heterocycles. The molecule has 0 unspecified atom stereocenters. The van der Waals surface area contributed by atoms with Crippen LogP contribution in [0.4, 0.5) is 5.82 Å². The van der Waals surface area contributed by atoms with Crippen molar-refractivity contribution in [2.75, 3.05) is 24.6 Å². The Morgan fingerprint density at radius 3 is 2.89 bits per heavy atom. The number of hydrogen-bond acceptors (Lipinski definition) is 5. The maximum atomic E-state index is 10.8. The van der Waals surface area contributed by atoms with Crippen LogP contribution < -0.4 is 9.64 Å². The van der Waals surface area contributed by atoms with Crippen LogP contribution in [0.25, 0.3) is 0 Å². The molecule has 0 radical (unpaired) electrons. The zero-order valence-corrected chi connectivity index (χ0v) is 10.4. The lowest BCUT2D eigenvalue weighted by atomic mass is 10.4. The van der Waals surface area contributed by atoms with Crippen LogP contribution in [0.3, 0.4) is 0 Å². The fraction of sp³-hybridized carbons (Fsp3) is 0.417. The van der Waals surface area contributed by atoms with Gasteiger partial charge < -0.3 is 14.7 Å². The summed E-state index contributed by atoms with van der Waals surface area (Å²) >= 11 is 0. The van der Waals surface area contributed by atoms with Crippen LogP contribution in [0, 0.1) is 19.3 Å². The molecule has 0 spiro atoms. The summed E-state index contributed by atoms with van der Waals surface area (Å²) in [4.78, 5) is 20.5. The van der Waals surface area contributed by atoms with Crippen LogP contribution in [0.15, 0.2) is 6.07 Å². The van der Waals surface area contributed by atoms with E-state index in [1.807, 2.05) is 6.92 Å². The number of carbonyl (C=O) groups is 1. The number of anilines is 1. The van der Waals surface area contributed by atoms with E-state index in [1.54, 1.807) is 13.0 Å². The summed E-state index contributed by atoms with van der Waals surface area (Å²) in [5.74, 6) is 2.79. The van der Waals surface area contributed by atoms with Crippen molar-refractivity contribution in [1.82, 2.24) is 9.97 Å². The van der Waals surface area contributed by atoms with Gasteiger partial charge in [-0.15, -0.1) is 6.42 Å². The van der Waals surface area contributed by atoms with Crippen LogP contribution in [-0.4, -0.2) is 40.7 Å². The maximum absolute atomic E-state index is 10.8. The molecule has 1 aromatic rings. The molecule has 0 aliphatic carbocycles. The van der Waals surface area contributed by atoms with Crippen molar-refractivity contribution in [3.63, 3.8) is 0 Å². The maximum Gasteiger partial charge on any atom is 0.323 e. The first kappa shape index (κ1) is 13.8. The molecule has 18 heavy (non-hydrogen) atoms. The van der Waals surface area contributed by atoms with Crippen molar-refractivity contribution in [2.45, 2.75) is 13.8 Å². The second-order valence-electron chi connectivity index (χ2n) is 3.50. The molecule has 1 heterocycles. The average molecular weight is 249 g/mol. The number of hydrogen-bond donors (Lipinski definition) is 1. The Kier molecular flexibility index (Phi) is 4.93. The second-order valence-corrected chi connectivity index (χ2v) is 3.50. The number of nitrogens with zero attached hydrogens (tertiary/aromatic N) is 3. The van der Waals surface area contributed by atoms with Crippen molar-refractivity contribution in [2.24, 2.45) is 0 Å². The lowest BCUT2D eigenvalue weighted by molar-refractivity contribution is -0.135. The molecule has 0 saturated carbocycles.